The van der Waals surface area contributed by atoms with Gasteiger partial charge in [-0.1, -0.05) is 73.6 Å². The minimum absolute atomic E-state index is 0.550. The summed E-state index contributed by atoms with van der Waals surface area (Å²) < 4.78 is 0. The summed E-state index contributed by atoms with van der Waals surface area (Å²) in [6, 6.07) is 0. The van der Waals surface area contributed by atoms with Gasteiger partial charge >= 0.3 is 0 Å². The smallest absolute Gasteiger partial charge is 0.0820 e. The predicted octanol–water partition coefficient (Wildman–Crippen LogP) is 5.67. The van der Waals surface area contributed by atoms with Crippen LogP contribution in [0, 0.1) is 5.41 Å². The van der Waals surface area contributed by atoms with E-state index in [1.54, 1.807) is 13.4 Å². The summed E-state index contributed by atoms with van der Waals surface area (Å²) in [4.78, 5) is 3.69. The Labute approximate surface area is 123 Å². The topological polar surface area (TPSA) is 24.4 Å². The third-order valence-electron chi connectivity index (χ3n) is 2.38. The summed E-state index contributed by atoms with van der Waals surface area (Å²) in [7, 11) is 1.74. The number of nitrogens with zero attached hydrogens (tertiary/aromatic N) is 1. The third-order valence-corrected chi connectivity index (χ3v) is 2.38. The number of hydrogen-bond donors (Lipinski definition) is 1. The van der Waals surface area contributed by atoms with Crippen molar-refractivity contribution in [2.24, 2.45) is 10.4 Å². The van der Waals surface area contributed by atoms with Gasteiger partial charge in [-0.25, -0.2) is 0 Å². The van der Waals surface area contributed by atoms with Crippen LogP contribution in [0.4, 0.5) is 0 Å². The molecule has 0 saturated carbocycles. The fraction of sp³-hybridized carbons (Fsp3) is 0.941. The van der Waals surface area contributed by atoms with Crippen LogP contribution in [-0.4, -0.2) is 19.9 Å². The first-order valence-corrected chi connectivity index (χ1v) is 8.03. The van der Waals surface area contributed by atoms with Gasteiger partial charge in [-0.15, -0.1) is 0 Å². The summed E-state index contributed by atoms with van der Waals surface area (Å²) in [5, 5.41) is 2.91. The molecule has 0 amide bonds. The number of aliphatic imine (C=N–C) groups is 1. The molecule has 0 bridgehead atoms. The molecule has 2 nitrogen and oxygen atoms in total. The number of unbranched alkanes of at least 4 members (excludes halogenated alkanes) is 3. The predicted molar refractivity (Wildman–Crippen MR) is 92.3 cm³/mol. The van der Waals surface area contributed by atoms with Gasteiger partial charge in [0.05, 0.1) is 6.34 Å². The molecule has 0 fully saturated rings. The molecular weight excluding hydrogens is 232 g/mol. The molecule has 0 aromatic carbocycles. The lowest BCUT2D eigenvalue weighted by atomic mass is 9.91. The summed E-state index contributed by atoms with van der Waals surface area (Å²) in [5.41, 5.74) is 0.550. The minimum Gasteiger partial charge on any atom is -0.377 e. The zero-order valence-electron chi connectivity index (χ0n) is 15.0. The molecule has 2 heteroatoms. The van der Waals surface area contributed by atoms with Crippen LogP contribution in [0.25, 0.3) is 0 Å². The Morgan fingerprint density at radius 1 is 0.895 bits per heavy atom. The molecule has 0 aromatic heterocycles. The van der Waals surface area contributed by atoms with Crippen molar-refractivity contribution in [2.75, 3.05) is 13.6 Å². The number of rotatable bonds is 6. The second-order valence-corrected chi connectivity index (χ2v) is 5.96. The van der Waals surface area contributed by atoms with Crippen LogP contribution in [0.15, 0.2) is 4.99 Å². The molecule has 0 unspecified atom stereocenters. The van der Waals surface area contributed by atoms with Crippen molar-refractivity contribution in [3.63, 3.8) is 0 Å². The van der Waals surface area contributed by atoms with E-state index in [2.05, 4.69) is 51.9 Å². The van der Waals surface area contributed by atoms with Gasteiger partial charge in [0.25, 0.3) is 0 Å². The maximum Gasteiger partial charge on any atom is 0.0820 e. The monoisotopic (exact) mass is 272 g/mol. The fourth-order valence-electron chi connectivity index (χ4n) is 1.43. The van der Waals surface area contributed by atoms with E-state index in [4.69, 9.17) is 0 Å². The van der Waals surface area contributed by atoms with Crippen LogP contribution in [-0.2, 0) is 0 Å². The Bertz CT molecular complexity index is 153. The van der Waals surface area contributed by atoms with E-state index in [-0.39, 0.29) is 0 Å². The fourth-order valence-corrected chi connectivity index (χ4v) is 1.43. The molecule has 0 aliphatic rings. The summed E-state index contributed by atoms with van der Waals surface area (Å²) in [6.45, 7) is 16.5. The Kier molecular flexibility index (Phi) is 24.5. The SMILES string of the molecule is CCCC(C)(C)C.CCCCCC.CCNC=NC. The van der Waals surface area contributed by atoms with Crippen molar-refractivity contribution in [1.29, 1.82) is 0 Å². The normalized spacial score (nSPS) is 10.3. The van der Waals surface area contributed by atoms with Gasteiger partial charge in [-0.2, -0.15) is 0 Å². The summed E-state index contributed by atoms with van der Waals surface area (Å²) in [5.74, 6) is 0. The third kappa shape index (κ3) is 46.6. The van der Waals surface area contributed by atoms with E-state index >= 15 is 0 Å². The molecule has 0 heterocycles. The van der Waals surface area contributed by atoms with Crippen molar-refractivity contribution < 1.29 is 0 Å². The summed E-state index contributed by atoms with van der Waals surface area (Å²) in [6.07, 6.45) is 9.87. The highest BCUT2D eigenvalue weighted by molar-refractivity contribution is 5.53. The molecule has 0 rings (SSSR count). The van der Waals surface area contributed by atoms with Gasteiger partial charge in [0.2, 0.25) is 0 Å². The first-order valence-electron chi connectivity index (χ1n) is 8.03. The van der Waals surface area contributed by atoms with E-state index < -0.39 is 0 Å². The van der Waals surface area contributed by atoms with Gasteiger partial charge < -0.3 is 5.32 Å². The van der Waals surface area contributed by atoms with Crippen molar-refractivity contribution in [3.05, 3.63) is 0 Å². The maximum atomic E-state index is 3.69. The van der Waals surface area contributed by atoms with Crippen LogP contribution in [0.2, 0.25) is 0 Å². The highest BCUT2D eigenvalue weighted by atomic mass is 14.9. The van der Waals surface area contributed by atoms with Gasteiger partial charge in [0.15, 0.2) is 0 Å². The van der Waals surface area contributed by atoms with E-state index in [1.165, 1.54) is 38.5 Å². The van der Waals surface area contributed by atoms with Crippen LogP contribution >= 0.6 is 0 Å². The van der Waals surface area contributed by atoms with Gasteiger partial charge in [0.1, 0.15) is 0 Å². The van der Waals surface area contributed by atoms with Gasteiger partial charge in [-0.3, -0.25) is 4.99 Å². The van der Waals surface area contributed by atoms with E-state index in [1.807, 2.05) is 6.92 Å². The average molecular weight is 273 g/mol. The highest BCUT2D eigenvalue weighted by Gasteiger charge is 2.06. The Morgan fingerprint density at radius 2 is 1.37 bits per heavy atom. The lowest BCUT2D eigenvalue weighted by molar-refractivity contribution is 0.373. The zero-order valence-corrected chi connectivity index (χ0v) is 15.0. The molecular formula is C17H40N2. The molecule has 0 radical (unpaired) electrons. The molecule has 118 valence electrons. The van der Waals surface area contributed by atoms with Crippen molar-refractivity contribution in [2.45, 2.75) is 87.0 Å². The Morgan fingerprint density at radius 3 is 1.47 bits per heavy atom. The van der Waals surface area contributed by atoms with E-state index in [9.17, 15) is 0 Å². The number of hydrogen-bond acceptors (Lipinski definition) is 1. The lowest BCUT2D eigenvalue weighted by Crippen LogP contribution is -2.08. The first-order chi connectivity index (χ1) is 8.89. The van der Waals surface area contributed by atoms with E-state index in [0.717, 1.165) is 6.54 Å². The first kappa shape index (κ1) is 23.6. The average Bonchev–Trinajstić information content (AvgIpc) is 2.34. The van der Waals surface area contributed by atoms with Gasteiger partial charge in [-0.05, 0) is 18.8 Å². The second-order valence-electron chi connectivity index (χ2n) is 5.96. The quantitative estimate of drug-likeness (QED) is 0.376. The lowest BCUT2D eigenvalue weighted by Gasteiger charge is -2.15. The molecule has 0 aromatic rings. The van der Waals surface area contributed by atoms with Gasteiger partial charge in [0, 0.05) is 13.6 Å². The zero-order chi connectivity index (χ0) is 15.6. The van der Waals surface area contributed by atoms with Crippen LogP contribution in [0.5, 0.6) is 0 Å². The molecule has 0 aliphatic carbocycles. The minimum atomic E-state index is 0.550. The van der Waals surface area contributed by atoms with Crippen LogP contribution in [0.1, 0.15) is 87.0 Å². The second kappa shape index (κ2) is 19.8. The highest BCUT2D eigenvalue weighted by Crippen LogP contribution is 2.19. The van der Waals surface area contributed by atoms with E-state index in [0.29, 0.717) is 5.41 Å². The molecule has 0 atom stereocenters. The Hall–Kier alpha value is -0.530. The van der Waals surface area contributed by atoms with Crippen molar-refractivity contribution in [3.8, 4) is 0 Å². The molecule has 0 aliphatic heterocycles. The van der Waals surface area contributed by atoms with Crippen molar-refractivity contribution in [1.82, 2.24) is 5.32 Å². The molecule has 19 heavy (non-hydrogen) atoms. The number of nitrogens with one attached hydrogen (secondary N) is 1. The maximum absolute atomic E-state index is 3.69. The summed E-state index contributed by atoms with van der Waals surface area (Å²) >= 11 is 0. The Balaban J connectivity index is -0.000000203. The molecule has 0 spiro atoms. The largest absolute Gasteiger partial charge is 0.377 e. The van der Waals surface area contributed by atoms with Crippen LogP contribution in [0.3, 0.4) is 0 Å². The van der Waals surface area contributed by atoms with Crippen LogP contribution < -0.4 is 5.32 Å². The molecule has 1 N–H and O–H groups in total. The van der Waals surface area contributed by atoms with Crippen molar-refractivity contribution >= 4 is 6.34 Å². The molecule has 0 saturated heterocycles. The standard InChI is InChI=1S/C7H16.C6H14.C4H10N2/c1-5-6-7(2,3)4;1-3-5-6-4-2;1-3-6-4-5-2/h5-6H2,1-4H3;3-6H2,1-2H3;4H,3H2,1-2H3,(H,5,6).